The Morgan fingerprint density at radius 1 is 1.24 bits per heavy atom. The van der Waals surface area contributed by atoms with E-state index in [2.05, 4.69) is 15.3 Å². The molecule has 0 aliphatic carbocycles. The van der Waals surface area contributed by atoms with Crippen LogP contribution in [0.4, 0.5) is 4.39 Å². The van der Waals surface area contributed by atoms with Gasteiger partial charge in [-0.1, -0.05) is 30.3 Å². The average Bonchev–Trinajstić information content (AvgIpc) is 3.15. The van der Waals surface area contributed by atoms with Gasteiger partial charge in [-0.3, -0.25) is 14.0 Å². The zero-order valence-corrected chi connectivity index (χ0v) is 16.0. The minimum atomic E-state index is -1.55. The summed E-state index contributed by atoms with van der Waals surface area (Å²) >= 11 is 0. The van der Waals surface area contributed by atoms with Crippen LogP contribution in [0.5, 0.6) is 0 Å². The molecule has 0 radical (unpaired) electrons. The summed E-state index contributed by atoms with van der Waals surface area (Å²) in [7, 11) is 0. The molecule has 1 N–H and O–H groups in total. The van der Waals surface area contributed by atoms with E-state index in [4.69, 9.17) is 0 Å². The Morgan fingerprint density at radius 3 is 2.76 bits per heavy atom. The maximum absolute atomic E-state index is 14.3. The minimum Gasteiger partial charge on any atom is -0.349 e. The van der Waals surface area contributed by atoms with E-state index in [1.54, 1.807) is 23.0 Å². The van der Waals surface area contributed by atoms with Crippen LogP contribution in [0.1, 0.15) is 22.8 Å². The second kappa shape index (κ2) is 7.98. The molecule has 29 heavy (non-hydrogen) atoms. The normalized spacial score (nSPS) is 16.3. The molecule has 2 atom stereocenters. The smallest absolute Gasteiger partial charge is 0.257 e. The van der Waals surface area contributed by atoms with E-state index >= 15 is 0 Å². The number of nitrogens with one attached hydrogen (secondary N) is 1. The molecule has 1 aromatic carbocycles. The van der Waals surface area contributed by atoms with Crippen LogP contribution >= 0.6 is 0 Å². The Bertz CT molecular complexity index is 1020. The fraction of sp³-hybridized carbons (Fsp3) is 0.333. The number of carbonyl (C=O) groups is 2. The largest absolute Gasteiger partial charge is 0.349 e. The summed E-state index contributed by atoms with van der Waals surface area (Å²) in [6.07, 6.45) is 5.03. The number of amides is 2. The molecule has 0 spiro atoms. The van der Waals surface area contributed by atoms with Crippen molar-refractivity contribution >= 4 is 17.6 Å². The monoisotopic (exact) mass is 395 g/mol. The highest BCUT2D eigenvalue weighted by atomic mass is 19.1. The van der Waals surface area contributed by atoms with Gasteiger partial charge in [0.2, 0.25) is 5.78 Å². The first-order chi connectivity index (χ1) is 14.0. The van der Waals surface area contributed by atoms with Crippen molar-refractivity contribution in [2.45, 2.75) is 25.6 Å². The van der Waals surface area contributed by atoms with Crippen molar-refractivity contribution in [1.29, 1.82) is 0 Å². The molecule has 150 valence electrons. The Labute approximate surface area is 167 Å². The van der Waals surface area contributed by atoms with E-state index in [-0.39, 0.29) is 24.3 Å². The molecule has 2 unspecified atom stereocenters. The number of hydrogen-bond donors (Lipinski definition) is 1. The van der Waals surface area contributed by atoms with E-state index < -0.39 is 12.1 Å². The quantitative estimate of drug-likeness (QED) is 0.691. The Hall–Kier alpha value is -3.29. The third-order valence-electron chi connectivity index (χ3n) is 5.32. The summed E-state index contributed by atoms with van der Waals surface area (Å²) in [5, 5.41) is 2.94. The second-order valence-electron chi connectivity index (χ2n) is 7.40. The predicted molar refractivity (Wildman–Crippen MR) is 105 cm³/mol. The van der Waals surface area contributed by atoms with Gasteiger partial charge in [0.1, 0.15) is 0 Å². The van der Waals surface area contributed by atoms with E-state index in [9.17, 15) is 14.0 Å². The summed E-state index contributed by atoms with van der Waals surface area (Å²) in [5.41, 5.74) is 1.23. The topological polar surface area (TPSA) is 79.6 Å². The highest BCUT2D eigenvalue weighted by Gasteiger charge is 2.37. The van der Waals surface area contributed by atoms with Crippen molar-refractivity contribution in [2.24, 2.45) is 5.92 Å². The molecule has 2 amide bonds. The number of hydrogen-bond acceptors (Lipinski definition) is 4. The number of rotatable bonds is 6. The summed E-state index contributed by atoms with van der Waals surface area (Å²) in [5.74, 6) is -0.105. The Kier molecular flexibility index (Phi) is 5.24. The number of carbonyl (C=O) groups excluding carboxylic acids is 2. The number of nitrogens with zero attached hydrogens (tertiary/aromatic N) is 4. The summed E-state index contributed by atoms with van der Waals surface area (Å²) in [4.78, 5) is 34.4. The van der Waals surface area contributed by atoms with Gasteiger partial charge >= 0.3 is 0 Å². The molecule has 1 fully saturated rings. The zero-order valence-electron chi connectivity index (χ0n) is 16.0. The number of alkyl halides is 1. The first kappa shape index (κ1) is 19.0. The molecule has 3 heterocycles. The summed E-state index contributed by atoms with van der Waals surface area (Å²) in [6.45, 7) is 2.77. The van der Waals surface area contributed by atoms with E-state index in [1.807, 2.05) is 37.3 Å². The van der Waals surface area contributed by atoms with Gasteiger partial charge in [-0.15, -0.1) is 0 Å². The SMILES string of the molecule is CC(NC(=O)c1cnc2nccn2c1)C1CN(C(=O)C(F)Cc2ccccc2)C1. The second-order valence-corrected chi connectivity index (χ2v) is 7.40. The first-order valence-electron chi connectivity index (χ1n) is 9.57. The van der Waals surface area contributed by atoms with Gasteiger partial charge in [0.05, 0.1) is 5.56 Å². The standard InChI is InChI=1S/C21H22FN5O2/c1-14(25-19(28)16-10-24-21-23-7-8-26(21)11-16)17-12-27(13-17)20(29)18(22)9-15-5-3-2-4-6-15/h2-8,10-11,14,17-18H,9,12-13H2,1H3,(H,25,28). The lowest BCUT2D eigenvalue weighted by molar-refractivity contribution is -0.143. The number of imidazole rings is 1. The third kappa shape index (κ3) is 4.11. The third-order valence-corrected chi connectivity index (χ3v) is 5.32. The average molecular weight is 395 g/mol. The van der Waals surface area contributed by atoms with Crippen molar-refractivity contribution in [1.82, 2.24) is 24.6 Å². The van der Waals surface area contributed by atoms with Crippen LogP contribution in [0.2, 0.25) is 0 Å². The van der Waals surface area contributed by atoms with Crippen molar-refractivity contribution < 1.29 is 14.0 Å². The van der Waals surface area contributed by atoms with Crippen LogP contribution in [-0.4, -0.2) is 56.4 Å². The maximum atomic E-state index is 14.3. The van der Waals surface area contributed by atoms with Crippen LogP contribution in [0.15, 0.2) is 55.1 Å². The molecular weight excluding hydrogens is 373 g/mol. The van der Waals surface area contributed by atoms with Gasteiger partial charge in [0.15, 0.2) is 6.17 Å². The maximum Gasteiger partial charge on any atom is 0.257 e. The van der Waals surface area contributed by atoms with Crippen LogP contribution in [-0.2, 0) is 11.2 Å². The first-order valence-corrected chi connectivity index (χ1v) is 9.57. The van der Waals surface area contributed by atoms with Gasteiger partial charge in [-0.2, -0.15) is 0 Å². The van der Waals surface area contributed by atoms with Gasteiger partial charge < -0.3 is 10.2 Å². The van der Waals surface area contributed by atoms with Gasteiger partial charge in [-0.25, -0.2) is 14.4 Å². The molecule has 7 nitrogen and oxygen atoms in total. The molecule has 3 aromatic rings. The van der Waals surface area contributed by atoms with Crippen LogP contribution in [0, 0.1) is 5.92 Å². The lowest BCUT2D eigenvalue weighted by atomic mass is 9.91. The van der Waals surface area contributed by atoms with Gasteiger partial charge in [0, 0.05) is 56.3 Å². The minimum absolute atomic E-state index is 0.0802. The fourth-order valence-corrected chi connectivity index (χ4v) is 3.46. The Morgan fingerprint density at radius 2 is 2.00 bits per heavy atom. The molecule has 2 aromatic heterocycles. The van der Waals surface area contributed by atoms with E-state index in [0.717, 1.165) is 5.56 Å². The molecular formula is C21H22FN5O2. The fourth-order valence-electron chi connectivity index (χ4n) is 3.46. The number of fused-ring (bicyclic) bond motifs is 1. The van der Waals surface area contributed by atoms with Crippen molar-refractivity contribution in [3.05, 3.63) is 66.2 Å². The summed E-state index contributed by atoms with van der Waals surface area (Å²) < 4.78 is 16.0. The molecule has 1 aliphatic heterocycles. The number of likely N-dealkylation sites (tertiary alicyclic amines) is 1. The number of aromatic nitrogens is 3. The van der Waals surface area contributed by atoms with Gasteiger partial charge in [0.25, 0.3) is 11.8 Å². The van der Waals surface area contributed by atoms with Crippen molar-refractivity contribution in [3.63, 3.8) is 0 Å². The van der Waals surface area contributed by atoms with Crippen molar-refractivity contribution in [3.8, 4) is 0 Å². The lowest BCUT2D eigenvalue weighted by Crippen LogP contribution is -2.59. The highest BCUT2D eigenvalue weighted by Crippen LogP contribution is 2.22. The van der Waals surface area contributed by atoms with Crippen molar-refractivity contribution in [2.75, 3.05) is 13.1 Å². The van der Waals surface area contributed by atoms with E-state index in [1.165, 1.54) is 11.1 Å². The lowest BCUT2D eigenvalue weighted by Gasteiger charge is -2.43. The predicted octanol–water partition coefficient (Wildman–Crippen LogP) is 1.89. The van der Waals surface area contributed by atoms with Crippen LogP contribution in [0.25, 0.3) is 5.78 Å². The molecule has 0 bridgehead atoms. The van der Waals surface area contributed by atoms with Crippen LogP contribution < -0.4 is 5.32 Å². The van der Waals surface area contributed by atoms with Crippen LogP contribution in [0.3, 0.4) is 0 Å². The summed E-state index contributed by atoms with van der Waals surface area (Å²) in [6, 6.07) is 9.00. The Balaban J connectivity index is 1.27. The highest BCUT2D eigenvalue weighted by molar-refractivity contribution is 5.94. The molecule has 0 saturated carbocycles. The zero-order chi connectivity index (χ0) is 20.4. The molecule has 8 heteroatoms. The van der Waals surface area contributed by atoms with E-state index in [0.29, 0.717) is 24.4 Å². The molecule has 1 aliphatic rings. The molecule has 1 saturated heterocycles. The van der Waals surface area contributed by atoms with Gasteiger partial charge in [-0.05, 0) is 12.5 Å². The number of halogens is 1. The number of benzene rings is 1. The molecule has 4 rings (SSSR count).